The molecule has 0 N–H and O–H groups in total. The number of nitrogens with zero attached hydrogens (tertiary/aromatic N) is 1. The van der Waals surface area contributed by atoms with E-state index >= 15 is 0 Å². The monoisotopic (exact) mass is 437 g/mol. The smallest absolute Gasteiger partial charge is 0.101 e. The predicted octanol–water partition coefficient (Wildman–Crippen LogP) is 5.57. The van der Waals surface area contributed by atoms with Gasteiger partial charge in [0.15, 0.2) is 0 Å². The molecule has 0 radical (unpaired) electrons. The second-order valence-electron chi connectivity index (χ2n) is 7.03. The van der Waals surface area contributed by atoms with Gasteiger partial charge in [0.05, 0.1) is 26.0 Å². The van der Waals surface area contributed by atoms with Crippen LogP contribution in [0.2, 0.25) is 0 Å². The third-order valence-corrected chi connectivity index (χ3v) is 5.77. The van der Waals surface area contributed by atoms with Crippen LogP contribution in [0, 0.1) is 0 Å². The number of rotatable bonds is 6. The standard InChI is InChI=1S/C24H24BrNO2/c25-22-14-8-7-13-21(22)24-23(28-16-20-11-5-2-6-12-20)17-27-18-26(24)15-19-9-3-1-4-10-19/h1-14,23-24H,15-18H2/t23-,24-/m1/s1. The minimum Gasteiger partial charge on any atom is -0.369 e. The predicted molar refractivity (Wildman–Crippen MR) is 115 cm³/mol. The Morgan fingerprint density at radius 3 is 2.21 bits per heavy atom. The molecule has 0 bridgehead atoms. The van der Waals surface area contributed by atoms with Gasteiger partial charge in [0.2, 0.25) is 0 Å². The van der Waals surface area contributed by atoms with Gasteiger partial charge in [0.1, 0.15) is 6.10 Å². The Kier molecular flexibility index (Phi) is 6.55. The van der Waals surface area contributed by atoms with Crippen LogP contribution in [0.25, 0.3) is 0 Å². The molecule has 1 aliphatic rings. The molecule has 4 rings (SSSR count). The van der Waals surface area contributed by atoms with Gasteiger partial charge in [0.25, 0.3) is 0 Å². The van der Waals surface area contributed by atoms with Gasteiger partial charge < -0.3 is 9.47 Å². The molecule has 28 heavy (non-hydrogen) atoms. The van der Waals surface area contributed by atoms with E-state index < -0.39 is 0 Å². The molecule has 0 unspecified atom stereocenters. The summed E-state index contributed by atoms with van der Waals surface area (Å²) in [6.45, 7) is 2.57. The van der Waals surface area contributed by atoms with Crippen LogP contribution < -0.4 is 0 Å². The molecular formula is C24H24BrNO2. The van der Waals surface area contributed by atoms with Crippen molar-refractivity contribution in [1.29, 1.82) is 0 Å². The second kappa shape index (κ2) is 9.48. The van der Waals surface area contributed by atoms with Gasteiger partial charge in [-0.2, -0.15) is 0 Å². The highest BCUT2D eigenvalue weighted by Crippen LogP contribution is 2.35. The lowest BCUT2D eigenvalue weighted by atomic mass is 9.98. The summed E-state index contributed by atoms with van der Waals surface area (Å²) >= 11 is 3.75. The molecule has 3 aromatic rings. The SMILES string of the molecule is Brc1ccccc1[C@@H]1[C@H](OCc2ccccc2)COCN1Cc1ccccc1. The van der Waals surface area contributed by atoms with E-state index in [1.807, 2.05) is 30.3 Å². The highest BCUT2D eigenvalue weighted by atomic mass is 79.9. The highest BCUT2D eigenvalue weighted by molar-refractivity contribution is 9.10. The fourth-order valence-corrected chi connectivity index (χ4v) is 4.20. The average molecular weight is 438 g/mol. The van der Waals surface area contributed by atoms with Crippen LogP contribution in [-0.2, 0) is 22.6 Å². The van der Waals surface area contributed by atoms with Gasteiger partial charge in [-0.05, 0) is 22.8 Å². The summed E-state index contributed by atoms with van der Waals surface area (Å²) in [7, 11) is 0. The third kappa shape index (κ3) is 4.70. The summed E-state index contributed by atoms with van der Waals surface area (Å²) in [5.74, 6) is 0. The van der Waals surface area contributed by atoms with Crippen LogP contribution in [0.15, 0.2) is 89.4 Å². The Balaban J connectivity index is 1.59. The normalized spacial score (nSPS) is 20.2. The van der Waals surface area contributed by atoms with Crippen molar-refractivity contribution in [3.05, 3.63) is 106 Å². The Labute approximate surface area is 175 Å². The van der Waals surface area contributed by atoms with Gasteiger partial charge in [0, 0.05) is 11.0 Å². The number of hydrogen-bond donors (Lipinski definition) is 0. The molecule has 0 spiro atoms. The van der Waals surface area contributed by atoms with Crippen LogP contribution in [-0.4, -0.2) is 24.3 Å². The first-order valence-electron chi connectivity index (χ1n) is 9.57. The van der Waals surface area contributed by atoms with Gasteiger partial charge in [-0.25, -0.2) is 0 Å². The van der Waals surface area contributed by atoms with Gasteiger partial charge in [-0.1, -0.05) is 94.8 Å². The molecule has 0 amide bonds. The molecule has 1 fully saturated rings. The summed E-state index contributed by atoms with van der Waals surface area (Å²) < 4.78 is 13.4. The molecular weight excluding hydrogens is 414 g/mol. The zero-order valence-electron chi connectivity index (χ0n) is 15.7. The van der Waals surface area contributed by atoms with E-state index in [-0.39, 0.29) is 12.1 Å². The fraction of sp³-hybridized carbons (Fsp3) is 0.250. The van der Waals surface area contributed by atoms with Crippen LogP contribution in [0.5, 0.6) is 0 Å². The van der Waals surface area contributed by atoms with Gasteiger partial charge >= 0.3 is 0 Å². The van der Waals surface area contributed by atoms with Crippen molar-refractivity contribution in [2.75, 3.05) is 13.3 Å². The van der Waals surface area contributed by atoms with Crippen molar-refractivity contribution < 1.29 is 9.47 Å². The summed E-state index contributed by atoms with van der Waals surface area (Å²) in [6, 6.07) is 29.4. The van der Waals surface area contributed by atoms with Crippen LogP contribution in [0.4, 0.5) is 0 Å². The molecule has 0 saturated carbocycles. The number of ether oxygens (including phenoxy) is 2. The molecule has 144 valence electrons. The summed E-state index contributed by atoms with van der Waals surface area (Å²) in [4.78, 5) is 2.36. The quantitative estimate of drug-likeness (QED) is 0.503. The average Bonchev–Trinajstić information content (AvgIpc) is 2.75. The first-order chi connectivity index (χ1) is 13.8. The van der Waals surface area contributed by atoms with Crippen molar-refractivity contribution in [3.8, 4) is 0 Å². The van der Waals surface area contributed by atoms with E-state index in [2.05, 4.69) is 75.4 Å². The van der Waals surface area contributed by atoms with Gasteiger partial charge in [-0.15, -0.1) is 0 Å². The minimum absolute atomic E-state index is 0.0450. The molecule has 1 saturated heterocycles. The highest BCUT2D eigenvalue weighted by Gasteiger charge is 2.35. The Morgan fingerprint density at radius 1 is 0.857 bits per heavy atom. The molecule has 3 nitrogen and oxygen atoms in total. The minimum atomic E-state index is -0.0450. The van der Waals surface area contributed by atoms with Crippen LogP contribution in [0.3, 0.4) is 0 Å². The summed E-state index contributed by atoms with van der Waals surface area (Å²) in [5.41, 5.74) is 3.68. The van der Waals surface area contributed by atoms with E-state index in [0.717, 1.165) is 11.0 Å². The number of benzene rings is 3. The van der Waals surface area contributed by atoms with E-state index in [9.17, 15) is 0 Å². The Bertz CT molecular complexity index is 872. The zero-order chi connectivity index (χ0) is 19.2. The van der Waals surface area contributed by atoms with Crippen molar-refractivity contribution in [1.82, 2.24) is 4.90 Å². The van der Waals surface area contributed by atoms with Crippen molar-refractivity contribution in [2.24, 2.45) is 0 Å². The summed E-state index contributed by atoms with van der Waals surface area (Å²) in [5, 5.41) is 0. The molecule has 1 heterocycles. The van der Waals surface area contributed by atoms with E-state index in [0.29, 0.717) is 19.9 Å². The molecule has 2 atom stereocenters. The van der Waals surface area contributed by atoms with Crippen LogP contribution in [0.1, 0.15) is 22.7 Å². The molecule has 1 aliphatic heterocycles. The zero-order valence-corrected chi connectivity index (χ0v) is 17.3. The first kappa shape index (κ1) is 19.3. The molecule has 0 aliphatic carbocycles. The fourth-order valence-electron chi connectivity index (χ4n) is 3.68. The maximum Gasteiger partial charge on any atom is 0.101 e. The van der Waals surface area contributed by atoms with Crippen molar-refractivity contribution in [3.63, 3.8) is 0 Å². The maximum atomic E-state index is 6.37. The molecule has 4 heteroatoms. The molecule has 0 aromatic heterocycles. The van der Waals surface area contributed by atoms with Crippen molar-refractivity contribution in [2.45, 2.75) is 25.3 Å². The Morgan fingerprint density at radius 2 is 1.50 bits per heavy atom. The molecule has 3 aromatic carbocycles. The lowest BCUT2D eigenvalue weighted by Gasteiger charge is -2.41. The third-order valence-electron chi connectivity index (χ3n) is 5.04. The summed E-state index contributed by atoms with van der Waals surface area (Å²) in [6.07, 6.45) is -0.0450. The first-order valence-corrected chi connectivity index (χ1v) is 10.4. The Hall–Kier alpha value is -1.98. The van der Waals surface area contributed by atoms with E-state index in [1.54, 1.807) is 0 Å². The van der Waals surface area contributed by atoms with E-state index in [1.165, 1.54) is 16.7 Å². The lowest BCUT2D eigenvalue weighted by molar-refractivity contribution is -0.150. The second-order valence-corrected chi connectivity index (χ2v) is 7.89. The topological polar surface area (TPSA) is 21.7 Å². The number of hydrogen-bond acceptors (Lipinski definition) is 3. The van der Waals surface area contributed by atoms with Gasteiger partial charge in [-0.3, -0.25) is 4.90 Å². The number of halogens is 1. The van der Waals surface area contributed by atoms with Crippen LogP contribution >= 0.6 is 15.9 Å². The van der Waals surface area contributed by atoms with E-state index in [4.69, 9.17) is 9.47 Å². The van der Waals surface area contributed by atoms with Crippen molar-refractivity contribution >= 4 is 15.9 Å². The lowest BCUT2D eigenvalue weighted by Crippen LogP contribution is -2.46. The maximum absolute atomic E-state index is 6.37. The largest absolute Gasteiger partial charge is 0.369 e.